The first-order valence-corrected chi connectivity index (χ1v) is 7.40. The van der Waals surface area contributed by atoms with Crippen LogP contribution < -0.4 is 10.6 Å². The zero-order chi connectivity index (χ0) is 17.5. The summed E-state index contributed by atoms with van der Waals surface area (Å²) in [5.74, 6) is -1.30. The van der Waals surface area contributed by atoms with Gasteiger partial charge in [-0.25, -0.2) is 4.79 Å². The van der Waals surface area contributed by atoms with E-state index in [2.05, 4.69) is 10.6 Å². The molecule has 6 heteroatoms. The van der Waals surface area contributed by atoms with Crippen LogP contribution in [0.5, 0.6) is 0 Å². The second-order valence-corrected chi connectivity index (χ2v) is 5.16. The molecule has 6 nitrogen and oxygen atoms in total. The fourth-order valence-electron chi connectivity index (χ4n) is 1.97. The van der Waals surface area contributed by atoms with E-state index in [1.54, 1.807) is 42.5 Å². The summed E-state index contributed by atoms with van der Waals surface area (Å²) in [6.07, 6.45) is -0.956. The first-order chi connectivity index (χ1) is 11.5. The van der Waals surface area contributed by atoms with Crippen molar-refractivity contribution in [2.24, 2.45) is 0 Å². The largest absolute Gasteiger partial charge is 0.449 e. The second kappa shape index (κ2) is 7.92. The average molecular weight is 326 g/mol. The molecule has 2 rings (SSSR count). The van der Waals surface area contributed by atoms with Crippen molar-refractivity contribution in [3.05, 3.63) is 60.2 Å². The number of esters is 1. The number of carbonyl (C=O) groups excluding carboxylic acids is 3. The molecule has 2 aromatic carbocycles. The predicted molar refractivity (Wildman–Crippen MR) is 90.7 cm³/mol. The van der Waals surface area contributed by atoms with Crippen LogP contribution in [0.2, 0.25) is 0 Å². The minimum Gasteiger partial charge on any atom is -0.449 e. The SMILES string of the molecule is CC(=O)Nc1cccc(C(=O)O[C@@H](C)C(=O)Nc2ccccc2)c1. The summed E-state index contributed by atoms with van der Waals surface area (Å²) < 4.78 is 5.17. The topological polar surface area (TPSA) is 84.5 Å². The molecule has 124 valence electrons. The number of amides is 2. The molecule has 0 saturated heterocycles. The molecule has 2 N–H and O–H groups in total. The van der Waals surface area contributed by atoms with E-state index in [0.29, 0.717) is 11.4 Å². The van der Waals surface area contributed by atoms with Gasteiger partial charge < -0.3 is 15.4 Å². The summed E-state index contributed by atoms with van der Waals surface area (Å²) in [5, 5.41) is 5.25. The van der Waals surface area contributed by atoms with Crippen LogP contribution in [0.15, 0.2) is 54.6 Å². The Morgan fingerprint density at radius 1 is 0.917 bits per heavy atom. The molecular weight excluding hydrogens is 308 g/mol. The van der Waals surface area contributed by atoms with E-state index in [-0.39, 0.29) is 11.5 Å². The van der Waals surface area contributed by atoms with Gasteiger partial charge in [-0.2, -0.15) is 0 Å². The molecule has 1 atom stereocenters. The van der Waals surface area contributed by atoms with Crippen molar-refractivity contribution in [3.8, 4) is 0 Å². The molecule has 0 heterocycles. The van der Waals surface area contributed by atoms with Crippen molar-refractivity contribution < 1.29 is 19.1 Å². The van der Waals surface area contributed by atoms with Gasteiger partial charge in [-0.3, -0.25) is 9.59 Å². The van der Waals surface area contributed by atoms with E-state index in [9.17, 15) is 14.4 Å². The molecule has 24 heavy (non-hydrogen) atoms. The molecule has 0 unspecified atom stereocenters. The number of hydrogen-bond donors (Lipinski definition) is 2. The second-order valence-electron chi connectivity index (χ2n) is 5.16. The maximum absolute atomic E-state index is 12.1. The minimum absolute atomic E-state index is 0.240. The molecule has 0 aliphatic rings. The Hall–Kier alpha value is -3.15. The number of ether oxygens (including phenoxy) is 1. The van der Waals surface area contributed by atoms with Gasteiger partial charge in [-0.15, -0.1) is 0 Å². The zero-order valence-corrected chi connectivity index (χ0v) is 13.4. The quantitative estimate of drug-likeness (QED) is 0.828. The summed E-state index contributed by atoms with van der Waals surface area (Å²) in [6.45, 7) is 2.87. The van der Waals surface area contributed by atoms with Gasteiger partial charge in [0.15, 0.2) is 6.10 Å². The number of carbonyl (C=O) groups is 3. The molecule has 0 aromatic heterocycles. The number of anilines is 2. The minimum atomic E-state index is -0.956. The monoisotopic (exact) mass is 326 g/mol. The lowest BCUT2D eigenvalue weighted by molar-refractivity contribution is -0.123. The third-order valence-electron chi connectivity index (χ3n) is 3.11. The maximum Gasteiger partial charge on any atom is 0.338 e. The molecule has 0 aliphatic heterocycles. The molecule has 0 fully saturated rings. The van der Waals surface area contributed by atoms with Crippen LogP contribution in [0.1, 0.15) is 24.2 Å². The zero-order valence-electron chi connectivity index (χ0n) is 13.4. The predicted octanol–water partition coefficient (Wildman–Crippen LogP) is 2.83. The standard InChI is InChI=1S/C18H18N2O4/c1-12(17(22)20-15-8-4-3-5-9-15)24-18(23)14-7-6-10-16(11-14)19-13(2)21/h3-12H,1-2H3,(H,19,21)(H,20,22)/t12-/m0/s1. The Balaban J connectivity index is 1.98. The van der Waals surface area contributed by atoms with Gasteiger partial charge in [0.1, 0.15) is 0 Å². The van der Waals surface area contributed by atoms with E-state index in [1.165, 1.54) is 19.9 Å². The number of nitrogens with one attached hydrogen (secondary N) is 2. The molecule has 2 aromatic rings. The lowest BCUT2D eigenvalue weighted by Crippen LogP contribution is -2.30. The van der Waals surface area contributed by atoms with E-state index in [0.717, 1.165) is 0 Å². The highest BCUT2D eigenvalue weighted by molar-refractivity contribution is 5.98. The van der Waals surface area contributed by atoms with Crippen molar-refractivity contribution in [1.82, 2.24) is 0 Å². The van der Waals surface area contributed by atoms with E-state index < -0.39 is 18.0 Å². The number of para-hydroxylation sites is 1. The highest BCUT2D eigenvalue weighted by Crippen LogP contribution is 2.13. The fraction of sp³-hybridized carbons (Fsp3) is 0.167. The molecule has 0 saturated carbocycles. The Kier molecular flexibility index (Phi) is 5.68. The first-order valence-electron chi connectivity index (χ1n) is 7.40. The average Bonchev–Trinajstić information content (AvgIpc) is 2.55. The van der Waals surface area contributed by atoms with Gasteiger partial charge in [0.2, 0.25) is 5.91 Å². The Bertz CT molecular complexity index is 744. The van der Waals surface area contributed by atoms with Crippen molar-refractivity contribution >= 4 is 29.2 Å². The fourth-order valence-corrected chi connectivity index (χ4v) is 1.97. The van der Waals surface area contributed by atoms with E-state index in [1.807, 2.05) is 6.07 Å². The highest BCUT2D eigenvalue weighted by atomic mass is 16.5. The van der Waals surface area contributed by atoms with Crippen molar-refractivity contribution in [1.29, 1.82) is 0 Å². The van der Waals surface area contributed by atoms with Crippen molar-refractivity contribution in [2.45, 2.75) is 20.0 Å². The van der Waals surface area contributed by atoms with Crippen LogP contribution in [-0.2, 0) is 14.3 Å². The highest BCUT2D eigenvalue weighted by Gasteiger charge is 2.19. The first kappa shape index (κ1) is 17.2. The lowest BCUT2D eigenvalue weighted by atomic mass is 10.2. The smallest absolute Gasteiger partial charge is 0.338 e. The van der Waals surface area contributed by atoms with Crippen LogP contribution in [0, 0.1) is 0 Å². The van der Waals surface area contributed by atoms with Crippen LogP contribution in [0.4, 0.5) is 11.4 Å². The molecular formula is C18H18N2O4. The van der Waals surface area contributed by atoms with E-state index in [4.69, 9.17) is 4.74 Å². The van der Waals surface area contributed by atoms with Crippen LogP contribution in [-0.4, -0.2) is 23.9 Å². The number of benzene rings is 2. The van der Waals surface area contributed by atoms with Crippen molar-refractivity contribution in [2.75, 3.05) is 10.6 Å². The third kappa shape index (κ3) is 4.95. The van der Waals surface area contributed by atoms with E-state index >= 15 is 0 Å². The normalized spacial score (nSPS) is 11.2. The van der Waals surface area contributed by atoms with Gasteiger partial charge in [0, 0.05) is 18.3 Å². The molecule has 0 spiro atoms. The van der Waals surface area contributed by atoms with Crippen LogP contribution >= 0.6 is 0 Å². The lowest BCUT2D eigenvalue weighted by Gasteiger charge is -2.14. The van der Waals surface area contributed by atoms with Gasteiger partial charge >= 0.3 is 5.97 Å². The Morgan fingerprint density at radius 3 is 2.25 bits per heavy atom. The Morgan fingerprint density at radius 2 is 1.58 bits per heavy atom. The molecule has 0 radical (unpaired) electrons. The summed E-state index contributed by atoms with van der Waals surface area (Å²) in [6, 6.07) is 15.2. The van der Waals surface area contributed by atoms with Gasteiger partial charge in [-0.05, 0) is 37.3 Å². The Labute approximate surface area is 139 Å². The van der Waals surface area contributed by atoms with Crippen LogP contribution in [0.25, 0.3) is 0 Å². The third-order valence-corrected chi connectivity index (χ3v) is 3.11. The maximum atomic E-state index is 12.1. The van der Waals surface area contributed by atoms with Gasteiger partial charge in [-0.1, -0.05) is 24.3 Å². The summed E-state index contributed by atoms with van der Waals surface area (Å²) in [7, 11) is 0. The summed E-state index contributed by atoms with van der Waals surface area (Å²) >= 11 is 0. The van der Waals surface area contributed by atoms with Gasteiger partial charge in [0.25, 0.3) is 5.91 Å². The summed E-state index contributed by atoms with van der Waals surface area (Å²) in [5.41, 5.74) is 1.36. The number of rotatable bonds is 5. The number of hydrogen-bond acceptors (Lipinski definition) is 4. The molecule has 0 aliphatic carbocycles. The van der Waals surface area contributed by atoms with Crippen molar-refractivity contribution in [3.63, 3.8) is 0 Å². The van der Waals surface area contributed by atoms with Crippen LogP contribution in [0.3, 0.4) is 0 Å². The summed E-state index contributed by atoms with van der Waals surface area (Å²) in [4.78, 5) is 35.2. The molecule has 0 bridgehead atoms. The molecule has 2 amide bonds. The van der Waals surface area contributed by atoms with Gasteiger partial charge in [0.05, 0.1) is 5.56 Å².